The summed E-state index contributed by atoms with van der Waals surface area (Å²) in [5.74, 6) is -0.171. The number of para-hydroxylation sites is 1. The molecule has 0 radical (unpaired) electrons. The van der Waals surface area contributed by atoms with Crippen LogP contribution in [0.25, 0.3) is 5.69 Å². The Hall–Kier alpha value is -2.97. The minimum absolute atomic E-state index is 0.171. The Bertz CT molecular complexity index is 1180. The summed E-state index contributed by atoms with van der Waals surface area (Å²) in [4.78, 5) is 13.0. The van der Waals surface area contributed by atoms with Crippen LogP contribution >= 0.6 is 0 Å². The molecule has 0 unspecified atom stereocenters. The molecule has 33 heavy (non-hydrogen) atoms. The predicted octanol–water partition coefficient (Wildman–Crippen LogP) is 3.72. The minimum Gasteiger partial charge on any atom is -0.352 e. The van der Waals surface area contributed by atoms with Crippen LogP contribution < -0.4 is 5.32 Å². The van der Waals surface area contributed by atoms with Crippen molar-refractivity contribution in [1.82, 2.24) is 19.4 Å². The average molecular weight is 467 g/mol. The SMILES string of the molecule is Cc1c(C(=O)NCCc2ccc(S(=O)(=O)N3CCCCCC3)cc2)cnn1-c1ccccc1. The van der Waals surface area contributed by atoms with Gasteiger partial charge in [0.05, 0.1) is 28.0 Å². The van der Waals surface area contributed by atoms with E-state index in [0.717, 1.165) is 42.6 Å². The number of carbonyl (C=O) groups is 1. The number of nitrogens with zero attached hydrogens (tertiary/aromatic N) is 3. The third-order valence-electron chi connectivity index (χ3n) is 6.08. The highest BCUT2D eigenvalue weighted by atomic mass is 32.2. The summed E-state index contributed by atoms with van der Waals surface area (Å²) in [6.45, 7) is 3.51. The molecular weight excluding hydrogens is 436 g/mol. The van der Waals surface area contributed by atoms with Gasteiger partial charge < -0.3 is 5.32 Å². The number of sulfonamides is 1. The quantitative estimate of drug-likeness (QED) is 0.575. The highest BCUT2D eigenvalue weighted by molar-refractivity contribution is 7.89. The van der Waals surface area contributed by atoms with E-state index in [4.69, 9.17) is 0 Å². The maximum absolute atomic E-state index is 12.9. The van der Waals surface area contributed by atoms with Gasteiger partial charge in [0.2, 0.25) is 10.0 Å². The van der Waals surface area contributed by atoms with Crippen LogP contribution in [0.15, 0.2) is 65.7 Å². The molecular formula is C25H30N4O3S. The van der Waals surface area contributed by atoms with Gasteiger partial charge in [-0.1, -0.05) is 43.2 Å². The molecule has 4 rings (SSSR count). The highest BCUT2D eigenvalue weighted by Crippen LogP contribution is 2.21. The molecule has 7 nitrogen and oxygen atoms in total. The van der Waals surface area contributed by atoms with Gasteiger partial charge in [0.15, 0.2) is 0 Å². The van der Waals surface area contributed by atoms with Crippen molar-refractivity contribution in [2.45, 2.75) is 43.9 Å². The second-order valence-corrected chi connectivity index (χ2v) is 10.3. The van der Waals surface area contributed by atoms with Crippen molar-refractivity contribution < 1.29 is 13.2 Å². The van der Waals surface area contributed by atoms with Crippen LogP contribution in [0.3, 0.4) is 0 Å². The van der Waals surface area contributed by atoms with Crippen LogP contribution in [0.5, 0.6) is 0 Å². The Morgan fingerprint density at radius 3 is 2.30 bits per heavy atom. The van der Waals surface area contributed by atoms with E-state index in [9.17, 15) is 13.2 Å². The first-order valence-corrected chi connectivity index (χ1v) is 12.9. The fourth-order valence-corrected chi connectivity index (χ4v) is 5.65. The van der Waals surface area contributed by atoms with E-state index >= 15 is 0 Å². The molecule has 0 spiro atoms. The van der Waals surface area contributed by atoms with E-state index in [-0.39, 0.29) is 5.91 Å². The van der Waals surface area contributed by atoms with Gasteiger partial charge in [-0.15, -0.1) is 0 Å². The van der Waals surface area contributed by atoms with Crippen LogP contribution in [0.1, 0.15) is 47.3 Å². The number of hydrogen-bond donors (Lipinski definition) is 1. The number of carbonyl (C=O) groups excluding carboxylic acids is 1. The molecule has 1 fully saturated rings. The maximum Gasteiger partial charge on any atom is 0.254 e. The Labute approximate surface area is 195 Å². The molecule has 3 aromatic rings. The lowest BCUT2D eigenvalue weighted by atomic mass is 10.1. The zero-order chi connectivity index (χ0) is 23.3. The van der Waals surface area contributed by atoms with Gasteiger partial charge in [0, 0.05) is 19.6 Å². The maximum atomic E-state index is 12.9. The van der Waals surface area contributed by atoms with Gasteiger partial charge in [-0.2, -0.15) is 9.40 Å². The molecule has 0 atom stereocenters. The second-order valence-electron chi connectivity index (χ2n) is 8.36. The molecule has 8 heteroatoms. The molecule has 2 heterocycles. The van der Waals surface area contributed by atoms with Gasteiger partial charge >= 0.3 is 0 Å². The van der Waals surface area contributed by atoms with Crippen molar-refractivity contribution in [1.29, 1.82) is 0 Å². The Balaban J connectivity index is 1.34. The highest BCUT2D eigenvalue weighted by Gasteiger charge is 2.24. The topological polar surface area (TPSA) is 84.3 Å². The first-order chi connectivity index (χ1) is 16.0. The summed E-state index contributed by atoms with van der Waals surface area (Å²) in [7, 11) is -3.44. The number of aromatic nitrogens is 2. The zero-order valence-corrected chi connectivity index (χ0v) is 19.7. The summed E-state index contributed by atoms with van der Waals surface area (Å²) in [6, 6.07) is 16.7. The van der Waals surface area contributed by atoms with Gasteiger partial charge in [0.25, 0.3) is 5.91 Å². The van der Waals surface area contributed by atoms with Gasteiger partial charge in [-0.25, -0.2) is 13.1 Å². The van der Waals surface area contributed by atoms with Crippen molar-refractivity contribution in [3.05, 3.63) is 77.6 Å². The van der Waals surface area contributed by atoms with E-state index in [1.54, 1.807) is 27.3 Å². The standard InChI is InChI=1S/C25H30N4O3S/c1-20-24(19-27-29(20)22-9-5-4-6-10-22)25(30)26-16-15-21-11-13-23(14-12-21)33(31,32)28-17-7-2-3-8-18-28/h4-6,9-14,19H,2-3,7-8,15-18H2,1H3,(H,26,30). The summed E-state index contributed by atoms with van der Waals surface area (Å²) in [6.07, 6.45) is 6.20. The van der Waals surface area contributed by atoms with Crippen molar-refractivity contribution in [3.8, 4) is 5.69 Å². The third kappa shape index (κ3) is 5.34. The molecule has 0 bridgehead atoms. The molecule has 0 saturated carbocycles. The lowest BCUT2D eigenvalue weighted by molar-refractivity contribution is 0.0953. The molecule has 2 aromatic carbocycles. The van der Waals surface area contributed by atoms with Crippen molar-refractivity contribution in [2.24, 2.45) is 0 Å². The monoisotopic (exact) mass is 466 g/mol. The number of amides is 1. The van der Waals surface area contributed by atoms with Crippen LogP contribution in [0.2, 0.25) is 0 Å². The summed E-state index contributed by atoms with van der Waals surface area (Å²) in [5.41, 5.74) is 3.20. The number of rotatable bonds is 7. The fraction of sp³-hybridized carbons (Fsp3) is 0.360. The van der Waals surface area contributed by atoms with E-state index in [2.05, 4.69) is 10.4 Å². The zero-order valence-electron chi connectivity index (χ0n) is 18.9. The van der Waals surface area contributed by atoms with E-state index < -0.39 is 10.0 Å². The van der Waals surface area contributed by atoms with Crippen LogP contribution in [0, 0.1) is 6.92 Å². The van der Waals surface area contributed by atoms with E-state index in [1.807, 2.05) is 49.4 Å². The van der Waals surface area contributed by atoms with Crippen molar-refractivity contribution in [2.75, 3.05) is 19.6 Å². The largest absolute Gasteiger partial charge is 0.352 e. The van der Waals surface area contributed by atoms with Crippen LogP contribution in [-0.4, -0.2) is 48.0 Å². The van der Waals surface area contributed by atoms with Crippen LogP contribution in [-0.2, 0) is 16.4 Å². The molecule has 1 saturated heterocycles. The lowest BCUT2D eigenvalue weighted by Crippen LogP contribution is -2.31. The molecule has 1 N–H and O–H groups in total. The fourth-order valence-electron chi connectivity index (χ4n) is 4.14. The summed E-state index contributed by atoms with van der Waals surface area (Å²) >= 11 is 0. The van der Waals surface area contributed by atoms with E-state index in [0.29, 0.717) is 36.5 Å². The molecule has 1 aromatic heterocycles. The molecule has 0 aliphatic carbocycles. The number of hydrogen-bond acceptors (Lipinski definition) is 4. The van der Waals surface area contributed by atoms with Crippen LogP contribution in [0.4, 0.5) is 0 Å². The lowest BCUT2D eigenvalue weighted by Gasteiger charge is -2.20. The van der Waals surface area contributed by atoms with E-state index in [1.165, 1.54) is 0 Å². The predicted molar refractivity (Wildman–Crippen MR) is 128 cm³/mol. The van der Waals surface area contributed by atoms with Crippen molar-refractivity contribution >= 4 is 15.9 Å². The Kier molecular flexibility index (Phi) is 7.25. The summed E-state index contributed by atoms with van der Waals surface area (Å²) in [5, 5.41) is 7.28. The minimum atomic E-state index is -3.44. The molecule has 1 aliphatic rings. The second kappa shape index (κ2) is 10.3. The number of benzene rings is 2. The smallest absolute Gasteiger partial charge is 0.254 e. The third-order valence-corrected chi connectivity index (χ3v) is 7.99. The first kappa shape index (κ1) is 23.2. The van der Waals surface area contributed by atoms with Gasteiger partial charge in [0.1, 0.15) is 0 Å². The Morgan fingerprint density at radius 1 is 0.970 bits per heavy atom. The normalized spacial score (nSPS) is 15.2. The summed E-state index contributed by atoms with van der Waals surface area (Å²) < 4.78 is 29.2. The molecule has 1 aliphatic heterocycles. The number of nitrogens with one attached hydrogen (secondary N) is 1. The Morgan fingerprint density at radius 2 is 1.64 bits per heavy atom. The first-order valence-electron chi connectivity index (χ1n) is 11.4. The molecule has 174 valence electrons. The van der Waals surface area contributed by atoms with Crippen molar-refractivity contribution in [3.63, 3.8) is 0 Å². The van der Waals surface area contributed by atoms with Gasteiger partial charge in [-0.05, 0) is 56.0 Å². The average Bonchev–Trinajstić information content (AvgIpc) is 3.02. The molecule has 1 amide bonds. The van der Waals surface area contributed by atoms with Gasteiger partial charge in [-0.3, -0.25) is 4.79 Å².